The average Bonchev–Trinajstić information content (AvgIpc) is 1.62. The Morgan fingerprint density at radius 1 is 0.391 bits per heavy atom. The largest absolute Gasteiger partial charge is 0.508 e. The fraction of sp³-hybridized carbons (Fsp3) is 0.165. The van der Waals surface area contributed by atoms with Gasteiger partial charge >= 0.3 is 5.97 Å². The van der Waals surface area contributed by atoms with E-state index in [0.717, 1.165) is 114 Å². The zero-order chi connectivity index (χ0) is 87.3. The van der Waals surface area contributed by atoms with E-state index in [4.69, 9.17) is 53.8 Å². The topological polar surface area (TPSA) is 298 Å². The number of phenolic OH excluding ortho intramolecular Hbond substituents is 1. The molecule has 0 amide bonds. The van der Waals surface area contributed by atoms with E-state index in [9.17, 15) is 25.2 Å². The van der Waals surface area contributed by atoms with Gasteiger partial charge in [0.2, 0.25) is 30.3 Å². The summed E-state index contributed by atoms with van der Waals surface area (Å²) in [6, 6.07) is 81.2. The van der Waals surface area contributed by atoms with Crippen LogP contribution in [0, 0.1) is 5.41 Å². The van der Waals surface area contributed by atoms with Crippen LogP contribution in [0.4, 0.5) is 0 Å². The molecule has 0 radical (unpaired) electrons. The lowest BCUT2D eigenvalue weighted by Gasteiger charge is -2.17. The molecule has 1 aliphatic heterocycles. The van der Waals surface area contributed by atoms with E-state index in [1.807, 2.05) is 253 Å². The van der Waals surface area contributed by atoms with Gasteiger partial charge in [0, 0.05) is 136 Å². The Kier molecular flexibility index (Phi) is 25.8. The first-order valence-corrected chi connectivity index (χ1v) is 41.7. The number of imidazole rings is 6. The lowest BCUT2D eigenvalue weighted by atomic mass is 9.98. The number of allylic oxidation sites excluding steroid dienone is 1. The molecule has 640 valence electrons. The average molecular weight is 1700 g/mol. The zero-order valence-corrected chi connectivity index (χ0v) is 70.6. The Balaban J connectivity index is 0.000000125. The fourth-order valence-electron chi connectivity index (χ4n) is 14.9. The molecule has 4 N–H and O–H groups in total. The maximum atomic E-state index is 12.3. The summed E-state index contributed by atoms with van der Waals surface area (Å²) in [5.74, 6) is 3.11. The van der Waals surface area contributed by atoms with E-state index >= 15 is 0 Å². The van der Waals surface area contributed by atoms with Gasteiger partial charge in [-0.1, -0.05) is 226 Å². The van der Waals surface area contributed by atoms with Crippen LogP contribution < -0.4 is 4.74 Å². The number of hydrogen-bond acceptors (Lipinski definition) is 19. The lowest BCUT2D eigenvalue weighted by Crippen LogP contribution is -2.25. The molecule has 25 nitrogen and oxygen atoms in total. The predicted molar refractivity (Wildman–Crippen MR) is 494 cm³/mol. The third-order valence-electron chi connectivity index (χ3n) is 21.6. The van der Waals surface area contributed by atoms with Crippen LogP contribution in [-0.4, -0.2) is 115 Å². The number of rotatable bonds is 23. The van der Waals surface area contributed by atoms with Crippen molar-refractivity contribution in [1.29, 1.82) is 0 Å². The molecular formula is C103H95N17O8. The third kappa shape index (κ3) is 19.9. The van der Waals surface area contributed by atoms with Crippen molar-refractivity contribution in [3.05, 3.63) is 402 Å². The number of carbonyl (C=O) groups is 1. The van der Waals surface area contributed by atoms with Gasteiger partial charge in [-0.3, -0.25) is 27.4 Å². The van der Waals surface area contributed by atoms with Crippen molar-refractivity contribution < 1.29 is 39.1 Å². The normalized spacial score (nSPS) is 11.7. The van der Waals surface area contributed by atoms with Gasteiger partial charge in [-0.15, -0.1) is 0 Å². The number of aromatic hydroxyl groups is 4. The van der Waals surface area contributed by atoms with Crippen LogP contribution in [0.3, 0.4) is 0 Å². The highest BCUT2D eigenvalue weighted by Crippen LogP contribution is 2.35. The van der Waals surface area contributed by atoms with Crippen molar-refractivity contribution >= 4 is 34.3 Å². The molecule has 0 bridgehead atoms. The first kappa shape index (κ1) is 85.4. The summed E-state index contributed by atoms with van der Waals surface area (Å²) in [5.41, 5.74) is 20.1. The summed E-state index contributed by atoms with van der Waals surface area (Å²) < 4.78 is 28.0. The Hall–Kier alpha value is -16.2. The quantitative estimate of drug-likeness (QED) is 0.0342. The highest BCUT2D eigenvalue weighted by Gasteiger charge is 2.28. The molecule has 0 atom stereocenters. The van der Waals surface area contributed by atoms with E-state index in [1.54, 1.807) is 89.3 Å². The van der Waals surface area contributed by atoms with Gasteiger partial charge < -0.3 is 43.5 Å². The number of aromatic nitrogens is 16. The van der Waals surface area contributed by atoms with E-state index in [1.165, 1.54) is 0 Å². The number of aryl methyl sites for hydroxylation is 2. The standard InChI is InChI=1S/C30H29N3O4.C24H21N5O2.C24H21N5O.C24H20N4O.CH4/c1-30(2,3)29(34)37-20-36-28-25(18-23-15-10-16-35-23)32-27-24(17-21-11-6-4-7-12-21)31-26(19-33(27)28)22-13-8-5-9-14-22;1-28-12-11-25-22(28)14-20-24(31)29-15-21(17-7-9-18(30)10-8-17)26-19(23(29)27-20)13-16-5-3-2-4-6-16;1-28-13-12-25-22(28)15-20-24(30)29-16-21(18-10-6-3-7-11-18)26-19(23(29)27-20)14-17-8-4-2-5-9-17;29-24-21(15-19-12-7-13-25-19)27-23-20(14-17-8-3-1-4-9-17)26-22(16-28(23)24)18-10-5-2-6-11-18;/h4-16,19H,17-18,20H2,1-3H3;2-12,15,30-31H,13-14H2,1H3;2-13,16,30H,14-15H2,1H3;1-11,13,16,29H,12,14-15H2;1H4. The van der Waals surface area contributed by atoms with E-state index in [0.29, 0.717) is 108 Å². The first-order chi connectivity index (χ1) is 61.9. The lowest BCUT2D eigenvalue weighted by molar-refractivity contribution is -0.159. The van der Waals surface area contributed by atoms with Crippen molar-refractivity contribution in [2.24, 2.45) is 24.5 Å². The number of ether oxygens (including phenoxy) is 2. The summed E-state index contributed by atoms with van der Waals surface area (Å²) in [5, 5.41) is 42.5. The molecule has 0 unspecified atom stereocenters. The van der Waals surface area contributed by atoms with Crippen molar-refractivity contribution in [3.63, 3.8) is 0 Å². The number of nitrogens with zero attached hydrogens (tertiary/aromatic N) is 17. The van der Waals surface area contributed by atoms with Gasteiger partial charge in [0.1, 0.15) is 45.9 Å². The minimum Gasteiger partial charge on any atom is -0.508 e. The van der Waals surface area contributed by atoms with Gasteiger partial charge in [-0.05, 0) is 79.4 Å². The molecule has 128 heavy (non-hydrogen) atoms. The van der Waals surface area contributed by atoms with Crippen molar-refractivity contribution in [2.75, 3.05) is 6.79 Å². The van der Waals surface area contributed by atoms with E-state index < -0.39 is 5.41 Å². The number of aliphatic imine (C=N–C) groups is 1. The van der Waals surface area contributed by atoms with Crippen molar-refractivity contribution in [1.82, 2.24) is 76.6 Å². The molecular weight excluding hydrogens is 1600 g/mol. The Bertz CT molecular complexity index is 7070. The van der Waals surface area contributed by atoms with Gasteiger partial charge in [-0.25, -0.2) is 49.8 Å². The summed E-state index contributed by atoms with van der Waals surface area (Å²) in [6.07, 6.45) is 25.1. The van der Waals surface area contributed by atoms with Gasteiger partial charge in [-0.2, -0.15) is 0 Å². The highest BCUT2D eigenvalue weighted by molar-refractivity contribution is 5.90. The Morgan fingerprint density at radius 3 is 1.09 bits per heavy atom. The second kappa shape index (κ2) is 38.7. The molecule has 8 aromatic carbocycles. The fourth-order valence-corrected chi connectivity index (χ4v) is 14.9. The van der Waals surface area contributed by atoms with Crippen LogP contribution in [0.2, 0.25) is 0 Å². The number of esters is 1. The minimum absolute atomic E-state index is 0. The van der Waals surface area contributed by atoms with E-state index in [-0.39, 0.29) is 43.6 Å². The van der Waals surface area contributed by atoms with Crippen molar-refractivity contribution in [2.45, 2.75) is 86.0 Å². The monoisotopic (exact) mass is 1700 g/mol. The molecule has 0 spiro atoms. The number of fused-ring (bicyclic) bond motifs is 4. The van der Waals surface area contributed by atoms with Gasteiger partial charge in [0.25, 0.3) is 0 Å². The Labute approximate surface area is 739 Å². The van der Waals surface area contributed by atoms with Crippen LogP contribution in [0.1, 0.15) is 120 Å². The van der Waals surface area contributed by atoms with Crippen LogP contribution in [0.15, 0.2) is 326 Å². The number of phenols is 1. The molecule has 1 aliphatic rings. The van der Waals surface area contributed by atoms with Crippen molar-refractivity contribution in [3.8, 4) is 74.3 Å². The number of carbonyl (C=O) groups excluding carboxylic acids is 1. The van der Waals surface area contributed by atoms with E-state index in [2.05, 4.69) is 51.4 Å². The molecule has 11 aromatic heterocycles. The molecule has 12 heterocycles. The maximum Gasteiger partial charge on any atom is 0.314 e. The highest BCUT2D eigenvalue weighted by atomic mass is 16.7. The molecule has 0 fully saturated rings. The first-order valence-electron chi connectivity index (χ1n) is 41.7. The maximum absolute atomic E-state index is 12.3. The Morgan fingerprint density at radius 2 is 0.742 bits per heavy atom. The SMILES string of the molecule is C.CC(C)(C)C(=O)OCOc1c(Cc2ccco2)nc2c(Cc3ccccc3)nc(-c3ccccc3)cn12.Cn1ccnc1Cc1nc2c(Cc3ccccc3)nc(-c3ccc(O)cc3)cn2c1O.Cn1ccnc1Cc1nc2c(Cc3ccccc3)nc(-c3ccccc3)cn2c1O.Oc1c(CC2=NC=CC2)nc2c(Cc3ccccc3)nc(-c3ccccc3)cn12. The predicted octanol–water partition coefficient (Wildman–Crippen LogP) is 19.1. The molecule has 19 aromatic rings. The molecule has 25 heteroatoms. The second-order valence-corrected chi connectivity index (χ2v) is 31.8. The summed E-state index contributed by atoms with van der Waals surface area (Å²) in [6.45, 7) is 5.19. The molecule has 0 saturated heterocycles. The van der Waals surface area contributed by atoms with Crippen LogP contribution in [0.25, 0.3) is 67.6 Å². The van der Waals surface area contributed by atoms with Crippen LogP contribution in [-0.2, 0) is 75.0 Å². The summed E-state index contributed by atoms with van der Waals surface area (Å²) in [4.78, 5) is 64.3. The van der Waals surface area contributed by atoms with Gasteiger partial charge in [0.05, 0.1) is 76.5 Å². The molecule has 0 saturated carbocycles. The second-order valence-electron chi connectivity index (χ2n) is 31.8. The summed E-state index contributed by atoms with van der Waals surface area (Å²) >= 11 is 0. The van der Waals surface area contributed by atoms with Crippen LogP contribution in [0.5, 0.6) is 29.3 Å². The van der Waals surface area contributed by atoms with Gasteiger partial charge in [0.15, 0.2) is 22.6 Å². The van der Waals surface area contributed by atoms with Crippen LogP contribution >= 0.6 is 0 Å². The third-order valence-corrected chi connectivity index (χ3v) is 21.6. The minimum atomic E-state index is -0.632. The number of benzene rings is 8. The number of hydrogen-bond donors (Lipinski definition) is 4. The molecule has 20 rings (SSSR count). The smallest absolute Gasteiger partial charge is 0.314 e. The molecule has 0 aliphatic carbocycles. The zero-order valence-electron chi connectivity index (χ0n) is 70.6. The number of furan rings is 1. The summed E-state index contributed by atoms with van der Waals surface area (Å²) in [7, 11) is 3.85.